The van der Waals surface area contributed by atoms with Crippen molar-refractivity contribution in [2.75, 3.05) is 11.1 Å². The summed E-state index contributed by atoms with van der Waals surface area (Å²) in [5.74, 6) is 1.45. The van der Waals surface area contributed by atoms with Crippen molar-refractivity contribution in [2.45, 2.75) is 38.8 Å². The van der Waals surface area contributed by atoms with Gasteiger partial charge in [-0.1, -0.05) is 24.6 Å². The van der Waals surface area contributed by atoms with Crippen molar-refractivity contribution in [1.29, 1.82) is 0 Å². The van der Waals surface area contributed by atoms with E-state index in [1.54, 1.807) is 24.0 Å². The van der Waals surface area contributed by atoms with Gasteiger partial charge in [-0.15, -0.1) is 11.8 Å². The minimum atomic E-state index is -0.147. The summed E-state index contributed by atoms with van der Waals surface area (Å²) in [5, 5.41) is 13.5. The molecule has 0 aliphatic heterocycles. The van der Waals surface area contributed by atoms with Gasteiger partial charge >= 0.3 is 0 Å². The van der Waals surface area contributed by atoms with E-state index >= 15 is 0 Å². The molecule has 3 heterocycles. The zero-order valence-corrected chi connectivity index (χ0v) is 21.5. The van der Waals surface area contributed by atoms with E-state index in [1.165, 1.54) is 0 Å². The highest BCUT2D eigenvalue weighted by Gasteiger charge is 2.20. The molecule has 0 radical (unpaired) electrons. The Kier molecular flexibility index (Phi) is 6.30. The lowest BCUT2D eigenvalue weighted by Gasteiger charge is -2.20. The Hall–Kier alpha value is -3.29. The van der Waals surface area contributed by atoms with Gasteiger partial charge in [-0.3, -0.25) is 9.89 Å². The van der Waals surface area contributed by atoms with Crippen LogP contribution in [0.25, 0.3) is 33.2 Å². The van der Waals surface area contributed by atoms with Gasteiger partial charge in [0.15, 0.2) is 5.43 Å². The number of nitrogens with one attached hydrogen (secondary N) is 2. The van der Waals surface area contributed by atoms with Crippen LogP contribution in [0.2, 0.25) is 5.15 Å². The predicted molar refractivity (Wildman–Crippen MR) is 145 cm³/mol. The Morgan fingerprint density at radius 2 is 2.00 bits per heavy atom. The van der Waals surface area contributed by atoms with Crippen molar-refractivity contribution >= 4 is 50.9 Å². The fraction of sp³-hybridized carbons (Fsp3) is 0.222. The van der Waals surface area contributed by atoms with E-state index in [-0.39, 0.29) is 11.5 Å². The number of pyridine rings is 1. The van der Waals surface area contributed by atoms with Crippen LogP contribution in [0.1, 0.15) is 36.6 Å². The van der Waals surface area contributed by atoms with E-state index in [4.69, 9.17) is 16.0 Å². The predicted octanol–water partition coefficient (Wildman–Crippen LogP) is 7.29. The highest BCUT2D eigenvalue weighted by atomic mass is 35.5. The van der Waals surface area contributed by atoms with Gasteiger partial charge in [0.05, 0.1) is 28.8 Å². The molecule has 5 aromatic rings. The lowest BCUT2D eigenvalue weighted by Crippen LogP contribution is -2.13. The summed E-state index contributed by atoms with van der Waals surface area (Å²) in [6.07, 6.45) is 1.76. The molecule has 5 rings (SSSR count). The highest BCUT2D eigenvalue weighted by molar-refractivity contribution is 7.99. The van der Waals surface area contributed by atoms with Crippen LogP contribution in [-0.4, -0.2) is 20.9 Å². The van der Waals surface area contributed by atoms with Crippen LogP contribution in [0.4, 0.5) is 5.69 Å². The number of aromatic amines is 1. The second-order valence-electron chi connectivity index (χ2n) is 8.57. The van der Waals surface area contributed by atoms with Gasteiger partial charge in [0.25, 0.3) is 0 Å². The lowest BCUT2D eigenvalue weighted by atomic mass is 9.98. The average Bonchev–Trinajstić information content (AvgIpc) is 3.31. The molecule has 0 saturated carbocycles. The number of thioether (sulfide) groups is 1. The van der Waals surface area contributed by atoms with Crippen molar-refractivity contribution in [1.82, 2.24) is 15.2 Å². The third-order valence-corrected chi connectivity index (χ3v) is 7.12. The number of aromatic nitrogens is 3. The lowest BCUT2D eigenvalue weighted by molar-refractivity contribution is 0.605. The molecule has 8 heteroatoms. The van der Waals surface area contributed by atoms with Gasteiger partial charge < -0.3 is 9.73 Å². The molecule has 0 unspecified atom stereocenters. The molecule has 0 fully saturated rings. The molecule has 0 spiro atoms. The number of fused-ring (bicyclic) bond motifs is 2. The zero-order chi connectivity index (χ0) is 24.7. The molecule has 6 nitrogen and oxygen atoms in total. The van der Waals surface area contributed by atoms with Gasteiger partial charge in [0.2, 0.25) is 0 Å². The number of anilines is 1. The minimum Gasteiger partial charge on any atom is -0.455 e. The Labute approximate surface area is 212 Å². The van der Waals surface area contributed by atoms with Crippen molar-refractivity contribution in [3.05, 3.63) is 80.7 Å². The third-order valence-electron chi connectivity index (χ3n) is 6.04. The molecule has 1 atom stereocenters. The monoisotopic (exact) mass is 504 g/mol. The average molecular weight is 505 g/mol. The summed E-state index contributed by atoms with van der Waals surface area (Å²) in [6, 6.07) is 13.4. The number of H-pyrrole nitrogens is 1. The molecule has 178 valence electrons. The first kappa shape index (κ1) is 23.5. The maximum absolute atomic E-state index is 13.5. The Balaban J connectivity index is 1.65. The SMILES string of the molecule is CCSc1nc(Cl)ccc1N[C@H](C)c1cc(C)cc2c(=O)c(C)c(-c3ccc4[nH]ncc4c3)oc12. The number of hydrogen-bond donors (Lipinski definition) is 2. The first-order valence-corrected chi connectivity index (χ1v) is 12.8. The fourth-order valence-electron chi connectivity index (χ4n) is 4.33. The minimum absolute atomic E-state index is 0.0268. The summed E-state index contributed by atoms with van der Waals surface area (Å²) in [4.78, 5) is 17.9. The van der Waals surface area contributed by atoms with Gasteiger partial charge in [-0.25, -0.2) is 4.98 Å². The first-order valence-electron chi connectivity index (χ1n) is 11.4. The molecule has 0 aliphatic carbocycles. The smallest absolute Gasteiger partial charge is 0.196 e. The van der Waals surface area contributed by atoms with Crippen LogP contribution in [-0.2, 0) is 0 Å². The van der Waals surface area contributed by atoms with E-state index in [2.05, 4.69) is 40.4 Å². The molecule has 35 heavy (non-hydrogen) atoms. The molecule has 2 aromatic carbocycles. The van der Waals surface area contributed by atoms with Crippen molar-refractivity contribution in [3.63, 3.8) is 0 Å². The van der Waals surface area contributed by atoms with Crippen LogP contribution >= 0.6 is 23.4 Å². The normalized spacial score (nSPS) is 12.4. The van der Waals surface area contributed by atoms with E-state index < -0.39 is 0 Å². The number of aryl methyl sites for hydroxylation is 1. The Morgan fingerprint density at radius 1 is 1.17 bits per heavy atom. The van der Waals surface area contributed by atoms with Gasteiger partial charge in [0.1, 0.15) is 21.5 Å². The van der Waals surface area contributed by atoms with Crippen LogP contribution in [0.5, 0.6) is 0 Å². The van der Waals surface area contributed by atoms with Gasteiger partial charge in [0, 0.05) is 22.1 Å². The van der Waals surface area contributed by atoms with Crippen molar-refractivity contribution in [3.8, 4) is 11.3 Å². The standard InChI is InChI=1S/C27H25ClN4O2S/c1-5-35-27-22(8-9-23(28)31-27)30-16(4)19-10-14(2)11-20-24(33)15(3)25(34-26(19)20)17-6-7-21-18(12-17)13-29-32-21/h6-13,16,30H,5H2,1-4H3,(H,29,32)/t16-/m1/s1. The van der Waals surface area contributed by atoms with Crippen LogP contribution in [0, 0.1) is 13.8 Å². The van der Waals surface area contributed by atoms with Crippen LogP contribution in [0.3, 0.4) is 0 Å². The zero-order valence-electron chi connectivity index (χ0n) is 19.9. The summed E-state index contributed by atoms with van der Waals surface area (Å²) in [6.45, 7) is 7.94. The van der Waals surface area contributed by atoms with Crippen LogP contribution < -0.4 is 10.7 Å². The second-order valence-corrected chi connectivity index (χ2v) is 10.2. The number of benzene rings is 2. The third kappa shape index (κ3) is 4.42. The molecular weight excluding hydrogens is 480 g/mol. The summed E-state index contributed by atoms with van der Waals surface area (Å²) < 4.78 is 6.51. The Bertz CT molecular complexity index is 1630. The largest absolute Gasteiger partial charge is 0.455 e. The van der Waals surface area contributed by atoms with Crippen LogP contribution in [0.15, 0.2) is 62.9 Å². The summed E-state index contributed by atoms with van der Waals surface area (Å²) in [7, 11) is 0. The van der Waals surface area contributed by atoms with E-state index in [1.807, 2.05) is 44.2 Å². The molecule has 0 amide bonds. The maximum Gasteiger partial charge on any atom is 0.196 e. The highest BCUT2D eigenvalue weighted by Crippen LogP contribution is 2.35. The molecule has 3 aromatic heterocycles. The van der Waals surface area contributed by atoms with E-state index in [0.717, 1.165) is 44.1 Å². The maximum atomic E-state index is 13.5. The second kappa shape index (κ2) is 9.40. The first-order chi connectivity index (χ1) is 16.9. The molecule has 2 N–H and O–H groups in total. The quantitative estimate of drug-likeness (QED) is 0.186. The molecule has 0 aliphatic rings. The topological polar surface area (TPSA) is 83.8 Å². The molecule has 0 bridgehead atoms. The number of rotatable bonds is 6. The number of halogens is 1. The van der Waals surface area contributed by atoms with Crippen molar-refractivity contribution in [2.24, 2.45) is 0 Å². The fourth-order valence-corrected chi connectivity index (χ4v) is 5.25. The van der Waals surface area contributed by atoms with Gasteiger partial charge in [-0.05, 0) is 68.5 Å². The van der Waals surface area contributed by atoms with Gasteiger partial charge in [-0.2, -0.15) is 5.10 Å². The van der Waals surface area contributed by atoms with Crippen molar-refractivity contribution < 1.29 is 4.42 Å². The summed E-state index contributed by atoms with van der Waals surface area (Å²) in [5.41, 5.74) is 5.71. The van der Waals surface area contributed by atoms with E-state index in [9.17, 15) is 4.79 Å². The molecule has 0 saturated heterocycles. The van der Waals surface area contributed by atoms with E-state index in [0.29, 0.717) is 27.4 Å². The Morgan fingerprint density at radius 3 is 2.80 bits per heavy atom. The summed E-state index contributed by atoms with van der Waals surface area (Å²) >= 11 is 7.76. The molecular formula is C27H25ClN4O2S. The number of hydrogen-bond acceptors (Lipinski definition) is 6. The number of nitrogens with zero attached hydrogens (tertiary/aromatic N) is 2.